The molecule has 1 aromatic carbocycles. The van der Waals surface area contributed by atoms with E-state index in [2.05, 4.69) is 0 Å². The fourth-order valence-corrected chi connectivity index (χ4v) is 2.50. The van der Waals surface area contributed by atoms with Crippen molar-refractivity contribution in [2.75, 3.05) is 20.0 Å². The van der Waals surface area contributed by atoms with Crippen molar-refractivity contribution >= 4 is 9.84 Å². The van der Waals surface area contributed by atoms with Gasteiger partial charge in [-0.05, 0) is 12.1 Å². The Morgan fingerprint density at radius 3 is 2.33 bits per heavy atom. The molecule has 1 aromatic rings. The first-order valence-electron chi connectivity index (χ1n) is 5.32. The van der Waals surface area contributed by atoms with Crippen LogP contribution in [0.5, 0.6) is 5.75 Å². The Hall–Kier alpha value is -1.14. The number of ether oxygens (including phenoxy) is 1. The fourth-order valence-electron chi connectivity index (χ4n) is 1.64. The molecule has 0 fully saturated rings. The van der Waals surface area contributed by atoms with Crippen LogP contribution < -0.4 is 4.74 Å². The number of hydrogen-bond acceptors (Lipinski definition) is 4. The molecule has 0 radical (unpaired) electrons. The summed E-state index contributed by atoms with van der Waals surface area (Å²) in [6.45, 7) is 3.10. The Morgan fingerprint density at radius 1 is 1.39 bits per heavy atom. The van der Waals surface area contributed by atoms with Crippen LogP contribution in [0.3, 0.4) is 0 Å². The molecule has 0 spiro atoms. The van der Waals surface area contributed by atoms with E-state index >= 15 is 0 Å². The maximum Gasteiger partial charge on any atom is 0.179 e. The Kier molecular flexibility index (Phi) is 4.02. The number of benzene rings is 1. The summed E-state index contributed by atoms with van der Waals surface area (Å²) in [4.78, 5) is -0.207. The molecular weight excluding hydrogens is 259 g/mol. The van der Waals surface area contributed by atoms with Crippen LogP contribution in [0.2, 0.25) is 0 Å². The van der Waals surface area contributed by atoms with Crippen LogP contribution in [0.25, 0.3) is 0 Å². The number of halogens is 1. The molecule has 0 atom stereocenters. The average Bonchev–Trinajstić information content (AvgIpc) is 2.26. The largest absolute Gasteiger partial charge is 0.495 e. The molecule has 0 bridgehead atoms. The lowest BCUT2D eigenvalue weighted by Gasteiger charge is -2.25. The molecule has 18 heavy (non-hydrogen) atoms. The van der Waals surface area contributed by atoms with Gasteiger partial charge in [0.25, 0.3) is 0 Å². The molecule has 0 unspecified atom stereocenters. The fraction of sp³-hybridized carbons (Fsp3) is 0.500. The van der Waals surface area contributed by atoms with Gasteiger partial charge in [0.05, 0.1) is 13.7 Å². The van der Waals surface area contributed by atoms with Gasteiger partial charge in [0.1, 0.15) is 16.5 Å². The van der Waals surface area contributed by atoms with Gasteiger partial charge in [0, 0.05) is 17.2 Å². The second-order valence-electron chi connectivity index (χ2n) is 4.80. The lowest BCUT2D eigenvalue weighted by molar-refractivity contribution is 0.213. The lowest BCUT2D eigenvalue weighted by Crippen LogP contribution is -2.24. The van der Waals surface area contributed by atoms with Gasteiger partial charge < -0.3 is 9.84 Å². The van der Waals surface area contributed by atoms with Crippen LogP contribution in [0, 0.1) is 5.82 Å². The van der Waals surface area contributed by atoms with Gasteiger partial charge in [-0.25, -0.2) is 12.8 Å². The number of methoxy groups -OCH3 is 1. The molecule has 0 aromatic heterocycles. The van der Waals surface area contributed by atoms with E-state index in [0.29, 0.717) is 5.56 Å². The summed E-state index contributed by atoms with van der Waals surface area (Å²) in [5.41, 5.74) is -0.472. The number of aliphatic hydroxyl groups excluding tert-OH is 1. The van der Waals surface area contributed by atoms with Crippen molar-refractivity contribution in [3.8, 4) is 5.75 Å². The van der Waals surface area contributed by atoms with Crippen molar-refractivity contribution < 1.29 is 22.7 Å². The summed E-state index contributed by atoms with van der Waals surface area (Å²) < 4.78 is 41.9. The van der Waals surface area contributed by atoms with E-state index in [0.717, 1.165) is 12.3 Å². The number of aliphatic hydroxyl groups is 1. The van der Waals surface area contributed by atoms with Crippen LogP contribution >= 0.6 is 0 Å². The third-order valence-electron chi connectivity index (χ3n) is 2.75. The van der Waals surface area contributed by atoms with Crippen LogP contribution in [0.4, 0.5) is 4.39 Å². The second-order valence-corrected chi connectivity index (χ2v) is 6.78. The molecule has 1 N–H and O–H groups in total. The highest BCUT2D eigenvalue weighted by Crippen LogP contribution is 2.37. The van der Waals surface area contributed by atoms with Gasteiger partial charge >= 0.3 is 0 Å². The summed E-state index contributed by atoms with van der Waals surface area (Å²) >= 11 is 0. The van der Waals surface area contributed by atoms with Gasteiger partial charge in [-0.3, -0.25) is 0 Å². The first kappa shape index (κ1) is 14.9. The SMILES string of the molecule is COc1c(C(C)(C)CO)cc(F)cc1S(C)(=O)=O. The first-order chi connectivity index (χ1) is 8.13. The van der Waals surface area contributed by atoms with Crippen molar-refractivity contribution in [3.63, 3.8) is 0 Å². The van der Waals surface area contributed by atoms with Gasteiger partial charge in [-0.2, -0.15) is 0 Å². The number of sulfone groups is 1. The Balaban J connectivity index is 3.69. The topological polar surface area (TPSA) is 63.6 Å². The molecule has 0 saturated heterocycles. The summed E-state index contributed by atoms with van der Waals surface area (Å²) in [7, 11) is -2.29. The van der Waals surface area contributed by atoms with Crippen LogP contribution in [-0.2, 0) is 15.3 Å². The molecule has 6 heteroatoms. The molecule has 0 aliphatic rings. The summed E-state index contributed by atoms with van der Waals surface area (Å²) in [6.07, 6.45) is 0.986. The molecular formula is C12H17FO4S. The molecule has 0 aliphatic heterocycles. The smallest absolute Gasteiger partial charge is 0.179 e. The maximum absolute atomic E-state index is 13.5. The van der Waals surface area contributed by atoms with Gasteiger partial charge in [-0.1, -0.05) is 13.8 Å². The zero-order chi connectivity index (χ0) is 14.1. The van der Waals surface area contributed by atoms with E-state index in [4.69, 9.17) is 4.74 Å². The Morgan fingerprint density at radius 2 is 1.94 bits per heavy atom. The van der Waals surface area contributed by atoms with E-state index < -0.39 is 21.1 Å². The van der Waals surface area contributed by atoms with Crippen LogP contribution in [0.15, 0.2) is 17.0 Å². The van der Waals surface area contributed by atoms with Crippen molar-refractivity contribution in [1.29, 1.82) is 0 Å². The first-order valence-corrected chi connectivity index (χ1v) is 7.21. The van der Waals surface area contributed by atoms with E-state index in [1.807, 2.05) is 0 Å². The number of rotatable bonds is 4. The minimum atomic E-state index is -3.61. The van der Waals surface area contributed by atoms with Gasteiger partial charge in [0.2, 0.25) is 0 Å². The summed E-state index contributed by atoms with van der Waals surface area (Å²) in [6, 6.07) is 2.11. The normalized spacial score (nSPS) is 12.6. The highest BCUT2D eigenvalue weighted by molar-refractivity contribution is 7.90. The molecule has 1 rings (SSSR count). The van der Waals surface area contributed by atoms with E-state index in [1.54, 1.807) is 13.8 Å². The lowest BCUT2D eigenvalue weighted by atomic mass is 9.85. The maximum atomic E-state index is 13.5. The highest BCUT2D eigenvalue weighted by atomic mass is 32.2. The molecule has 0 saturated carbocycles. The predicted octanol–water partition coefficient (Wildman–Crippen LogP) is 1.51. The van der Waals surface area contributed by atoms with Crippen LogP contribution in [0.1, 0.15) is 19.4 Å². The average molecular weight is 276 g/mol. The van der Waals surface area contributed by atoms with E-state index in [9.17, 15) is 17.9 Å². The summed E-state index contributed by atoms with van der Waals surface area (Å²) in [5.74, 6) is -0.592. The van der Waals surface area contributed by atoms with Crippen molar-refractivity contribution in [3.05, 3.63) is 23.5 Å². The second kappa shape index (κ2) is 4.85. The number of hydrogen-bond donors (Lipinski definition) is 1. The van der Waals surface area contributed by atoms with Gasteiger partial charge in [0.15, 0.2) is 9.84 Å². The minimum Gasteiger partial charge on any atom is -0.495 e. The van der Waals surface area contributed by atoms with E-state index in [1.165, 1.54) is 13.2 Å². The van der Waals surface area contributed by atoms with Gasteiger partial charge in [-0.15, -0.1) is 0 Å². The molecule has 0 heterocycles. The minimum absolute atomic E-state index is 0.0814. The quantitative estimate of drug-likeness (QED) is 0.905. The van der Waals surface area contributed by atoms with Crippen molar-refractivity contribution in [2.24, 2.45) is 0 Å². The molecule has 102 valence electrons. The molecule has 4 nitrogen and oxygen atoms in total. The van der Waals surface area contributed by atoms with Crippen molar-refractivity contribution in [2.45, 2.75) is 24.2 Å². The Labute approximate surface area is 106 Å². The highest BCUT2D eigenvalue weighted by Gasteiger charge is 2.29. The third kappa shape index (κ3) is 2.81. The zero-order valence-corrected chi connectivity index (χ0v) is 11.6. The summed E-state index contributed by atoms with van der Waals surface area (Å²) in [5, 5.41) is 9.32. The van der Waals surface area contributed by atoms with Crippen molar-refractivity contribution in [1.82, 2.24) is 0 Å². The zero-order valence-electron chi connectivity index (χ0n) is 10.8. The monoisotopic (exact) mass is 276 g/mol. The predicted molar refractivity (Wildman–Crippen MR) is 66.2 cm³/mol. The van der Waals surface area contributed by atoms with E-state index in [-0.39, 0.29) is 17.3 Å². The standard InChI is InChI=1S/C12H17FO4S/c1-12(2,7-14)9-5-8(13)6-10(11(9)17-3)18(4,15)16/h5-6,14H,7H2,1-4H3. The Bertz CT molecular complexity index is 549. The third-order valence-corrected chi connectivity index (χ3v) is 3.85. The molecule has 0 amide bonds. The van der Waals surface area contributed by atoms with Crippen LogP contribution in [-0.4, -0.2) is 33.5 Å². The molecule has 0 aliphatic carbocycles.